The molecule has 0 aromatic heterocycles. The molecule has 1 amide bonds. The Bertz CT molecular complexity index is 897. The van der Waals surface area contributed by atoms with Gasteiger partial charge in [-0.15, -0.1) is 0 Å². The number of carbonyl (C=O) groups is 2. The van der Waals surface area contributed by atoms with E-state index in [1.54, 1.807) is 24.3 Å². The number of nitrogens with one attached hydrogen (secondary N) is 1. The molecule has 2 aromatic rings. The SMILES string of the molecule is COc1cccc(/C=C/C(=O)OCC(=O)Nc2cc(Cl)ccc2[N+](=O)[O-])c1. The predicted molar refractivity (Wildman–Crippen MR) is 99.7 cm³/mol. The zero-order valence-corrected chi connectivity index (χ0v) is 14.9. The summed E-state index contributed by atoms with van der Waals surface area (Å²) in [6.07, 6.45) is 2.66. The molecule has 2 rings (SSSR count). The van der Waals surface area contributed by atoms with E-state index in [4.69, 9.17) is 21.1 Å². The molecule has 0 aliphatic rings. The Balaban J connectivity index is 1.92. The number of nitro benzene ring substituents is 1. The molecule has 0 saturated heterocycles. The first kappa shape index (κ1) is 19.9. The second-order valence-electron chi connectivity index (χ2n) is 5.18. The molecule has 2 aromatic carbocycles. The van der Waals surface area contributed by atoms with Gasteiger partial charge in [-0.2, -0.15) is 0 Å². The maximum atomic E-state index is 11.9. The van der Waals surface area contributed by atoms with Gasteiger partial charge >= 0.3 is 5.97 Å². The first-order valence-corrected chi connectivity index (χ1v) is 7.99. The van der Waals surface area contributed by atoms with E-state index in [2.05, 4.69) is 5.32 Å². The van der Waals surface area contributed by atoms with Gasteiger partial charge in [0.2, 0.25) is 0 Å². The van der Waals surface area contributed by atoms with Gasteiger partial charge in [0.25, 0.3) is 11.6 Å². The summed E-state index contributed by atoms with van der Waals surface area (Å²) in [4.78, 5) is 33.9. The highest BCUT2D eigenvalue weighted by atomic mass is 35.5. The van der Waals surface area contributed by atoms with Crippen molar-refractivity contribution in [2.45, 2.75) is 0 Å². The lowest BCUT2D eigenvalue weighted by Gasteiger charge is -2.06. The summed E-state index contributed by atoms with van der Waals surface area (Å²) in [6.45, 7) is -0.606. The lowest BCUT2D eigenvalue weighted by Crippen LogP contribution is -2.20. The normalized spacial score (nSPS) is 10.4. The summed E-state index contributed by atoms with van der Waals surface area (Å²) in [6, 6.07) is 10.7. The highest BCUT2D eigenvalue weighted by molar-refractivity contribution is 6.31. The van der Waals surface area contributed by atoms with Crippen LogP contribution in [0, 0.1) is 10.1 Å². The Hall–Kier alpha value is -3.39. The van der Waals surface area contributed by atoms with Crippen molar-refractivity contribution in [3.8, 4) is 5.75 Å². The minimum Gasteiger partial charge on any atom is -0.497 e. The van der Waals surface area contributed by atoms with Crippen molar-refractivity contribution in [1.29, 1.82) is 0 Å². The number of rotatable bonds is 7. The van der Waals surface area contributed by atoms with Gasteiger partial charge in [-0.1, -0.05) is 23.7 Å². The number of hydrogen-bond donors (Lipinski definition) is 1. The lowest BCUT2D eigenvalue weighted by atomic mass is 10.2. The van der Waals surface area contributed by atoms with Crippen molar-refractivity contribution < 1.29 is 24.0 Å². The Morgan fingerprint density at radius 2 is 2.04 bits per heavy atom. The summed E-state index contributed by atoms with van der Waals surface area (Å²) >= 11 is 5.78. The number of methoxy groups -OCH3 is 1. The number of nitrogens with zero attached hydrogens (tertiary/aromatic N) is 1. The molecule has 0 heterocycles. The quantitative estimate of drug-likeness (QED) is 0.336. The third-order valence-corrected chi connectivity index (χ3v) is 3.52. The largest absolute Gasteiger partial charge is 0.497 e. The first-order chi connectivity index (χ1) is 12.9. The lowest BCUT2D eigenvalue weighted by molar-refractivity contribution is -0.383. The van der Waals surface area contributed by atoms with Crippen molar-refractivity contribution in [3.05, 3.63) is 69.2 Å². The van der Waals surface area contributed by atoms with Gasteiger partial charge in [0.05, 0.1) is 12.0 Å². The smallest absolute Gasteiger partial charge is 0.331 e. The van der Waals surface area contributed by atoms with Gasteiger partial charge in [-0.3, -0.25) is 14.9 Å². The Kier molecular flexibility index (Phi) is 6.90. The van der Waals surface area contributed by atoms with E-state index < -0.39 is 23.4 Å². The van der Waals surface area contributed by atoms with Gasteiger partial charge in [0.1, 0.15) is 11.4 Å². The van der Waals surface area contributed by atoms with Crippen LogP contribution in [0.5, 0.6) is 5.75 Å². The summed E-state index contributed by atoms with van der Waals surface area (Å²) in [5.74, 6) is -0.843. The van der Waals surface area contributed by atoms with Crippen LogP contribution in [0.2, 0.25) is 5.02 Å². The Labute approximate surface area is 159 Å². The number of hydrogen-bond acceptors (Lipinski definition) is 6. The third-order valence-electron chi connectivity index (χ3n) is 3.28. The molecule has 0 spiro atoms. The second-order valence-corrected chi connectivity index (χ2v) is 5.62. The van der Waals surface area contributed by atoms with Gasteiger partial charge in [0.15, 0.2) is 6.61 Å². The van der Waals surface area contributed by atoms with Gasteiger partial charge in [-0.05, 0) is 35.9 Å². The molecule has 9 heteroatoms. The van der Waals surface area contributed by atoms with E-state index in [0.29, 0.717) is 11.3 Å². The minimum atomic E-state index is -0.742. The van der Waals surface area contributed by atoms with Crippen molar-refractivity contribution in [1.82, 2.24) is 0 Å². The monoisotopic (exact) mass is 390 g/mol. The standard InChI is InChI=1S/C18H15ClN2O6/c1-26-14-4-2-3-12(9-14)5-8-18(23)27-11-17(22)20-15-10-13(19)6-7-16(15)21(24)25/h2-10H,11H2,1H3,(H,20,22)/b8-5+. The van der Waals surface area contributed by atoms with Crippen LogP contribution in [0.3, 0.4) is 0 Å². The molecule has 0 atom stereocenters. The maximum Gasteiger partial charge on any atom is 0.331 e. The van der Waals surface area contributed by atoms with Crippen molar-refractivity contribution in [3.63, 3.8) is 0 Å². The summed E-state index contributed by atoms with van der Waals surface area (Å²) < 4.78 is 9.88. The van der Waals surface area contributed by atoms with Crippen molar-refractivity contribution >= 4 is 40.9 Å². The number of halogens is 1. The fourth-order valence-corrected chi connectivity index (χ4v) is 2.22. The van der Waals surface area contributed by atoms with Crippen LogP contribution in [0.4, 0.5) is 11.4 Å². The number of benzene rings is 2. The van der Waals surface area contributed by atoms with E-state index in [9.17, 15) is 19.7 Å². The minimum absolute atomic E-state index is 0.0829. The molecular formula is C18H15ClN2O6. The molecule has 140 valence electrons. The van der Waals surface area contributed by atoms with Crippen LogP contribution < -0.4 is 10.1 Å². The van der Waals surface area contributed by atoms with E-state index in [1.165, 1.54) is 31.4 Å². The van der Waals surface area contributed by atoms with E-state index in [0.717, 1.165) is 6.08 Å². The van der Waals surface area contributed by atoms with Crippen LogP contribution >= 0.6 is 11.6 Å². The predicted octanol–water partition coefficient (Wildman–Crippen LogP) is 3.45. The zero-order valence-electron chi connectivity index (χ0n) is 14.2. The number of esters is 1. The molecule has 0 unspecified atom stereocenters. The average Bonchev–Trinajstić information content (AvgIpc) is 2.64. The van der Waals surface area contributed by atoms with Gasteiger partial charge < -0.3 is 14.8 Å². The fourth-order valence-electron chi connectivity index (χ4n) is 2.05. The van der Waals surface area contributed by atoms with Crippen LogP contribution in [0.15, 0.2) is 48.5 Å². The second kappa shape index (κ2) is 9.35. The third kappa shape index (κ3) is 6.12. The molecule has 1 N–H and O–H groups in total. The summed E-state index contributed by atoms with van der Waals surface area (Å²) in [5, 5.41) is 13.5. The van der Waals surface area contributed by atoms with Crippen molar-refractivity contribution in [2.75, 3.05) is 19.0 Å². The molecule has 0 fully saturated rings. The molecular weight excluding hydrogens is 376 g/mol. The molecule has 0 aliphatic heterocycles. The van der Waals surface area contributed by atoms with Gasteiger partial charge in [-0.25, -0.2) is 4.79 Å². The van der Waals surface area contributed by atoms with Crippen LogP contribution in [-0.4, -0.2) is 30.5 Å². The van der Waals surface area contributed by atoms with Crippen molar-refractivity contribution in [2.24, 2.45) is 0 Å². The molecule has 0 radical (unpaired) electrons. The molecule has 0 aliphatic carbocycles. The van der Waals surface area contributed by atoms with Crippen LogP contribution in [0.25, 0.3) is 6.08 Å². The van der Waals surface area contributed by atoms with Crippen LogP contribution in [0.1, 0.15) is 5.56 Å². The average molecular weight is 391 g/mol. The topological polar surface area (TPSA) is 108 Å². The summed E-state index contributed by atoms with van der Waals surface area (Å²) in [5.41, 5.74) is 0.308. The van der Waals surface area contributed by atoms with Crippen LogP contribution in [-0.2, 0) is 14.3 Å². The molecule has 8 nitrogen and oxygen atoms in total. The Morgan fingerprint density at radius 3 is 2.74 bits per heavy atom. The highest BCUT2D eigenvalue weighted by Gasteiger charge is 2.16. The number of ether oxygens (including phenoxy) is 2. The fraction of sp³-hybridized carbons (Fsp3) is 0.111. The highest BCUT2D eigenvalue weighted by Crippen LogP contribution is 2.27. The Morgan fingerprint density at radius 1 is 1.26 bits per heavy atom. The molecule has 27 heavy (non-hydrogen) atoms. The maximum absolute atomic E-state index is 11.9. The van der Waals surface area contributed by atoms with E-state index in [-0.39, 0.29) is 16.4 Å². The zero-order chi connectivity index (χ0) is 19.8. The summed E-state index contributed by atoms with van der Waals surface area (Å²) in [7, 11) is 1.53. The number of carbonyl (C=O) groups excluding carboxylic acids is 2. The number of anilines is 1. The molecule has 0 bridgehead atoms. The van der Waals surface area contributed by atoms with Gasteiger partial charge in [0, 0.05) is 17.2 Å². The van der Waals surface area contributed by atoms with E-state index >= 15 is 0 Å². The number of nitro groups is 1. The molecule has 0 saturated carbocycles. The number of amides is 1. The first-order valence-electron chi connectivity index (χ1n) is 7.61. The van der Waals surface area contributed by atoms with E-state index in [1.807, 2.05) is 0 Å².